The van der Waals surface area contributed by atoms with E-state index in [4.69, 9.17) is 5.73 Å². The van der Waals surface area contributed by atoms with Gasteiger partial charge in [-0.25, -0.2) is 0 Å². The van der Waals surface area contributed by atoms with Gasteiger partial charge in [-0.05, 0) is 37.9 Å². The Bertz CT molecular complexity index is 1190. The largest absolute Gasteiger partial charge is 0.369 e. The maximum Gasteiger partial charge on any atom is 0.264 e. The van der Waals surface area contributed by atoms with Crippen molar-refractivity contribution in [2.75, 3.05) is 50.7 Å². The van der Waals surface area contributed by atoms with Crippen LogP contribution in [0.2, 0.25) is 0 Å². The van der Waals surface area contributed by atoms with Gasteiger partial charge in [-0.15, -0.1) is 0 Å². The highest BCUT2D eigenvalue weighted by atomic mass is 16.2. The minimum absolute atomic E-state index is 0.0996. The van der Waals surface area contributed by atoms with Gasteiger partial charge in [0.2, 0.25) is 17.7 Å². The molecule has 5 aliphatic rings. The average Bonchev–Trinajstić information content (AvgIpc) is 3.36. The van der Waals surface area contributed by atoms with Gasteiger partial charge < -0.3 is 20.4 Å². The van der Waals surface area contributed by atoms with Crippen molar-refractivity contribution in [2.24, 2.45) is 11.1 Å². The second-order valence-electron chi connectivity index (χ2n) is 11.2. The molecule has 1 aromatic carbocycles. The Morgan fingerprint density at radius 3 is 2.54 bits per heavy atom. The average molecular weight is 509 g/mol. The van der Waals surface area contributed by atoms with Crippen LogP contribution >= 0.6 is 0 Å². The van der Waals surface area contributed by atoms with Gasteiger partial charge in [0.05, 0.1) is 16.8 Å². The van der Waals surface area contributed by atoms with Crippen LogP contribution in [0.1, 0.15) is 52.8 Å². The molecule has 0 aliphatic carbocycles. The third-order valence-corrected chi connectivity index (χ3v) is 8.40. The minimum Gasteiger partial charge on any atom is -0.369 e. The van der Waals surface area contributed by atoms with Gasteiger partial charge in [-0.1, -0.05) is 6.07 Å². The molecule has 0 aromatic heterocycles. The zero-order valence-electron chi connectivity index (χ0n) is 20.8. The first-order valence-corrected chi connectivity index (χ1v) is 13.1. The molecule has 5 aliphatic heterocycles. The van der Waals surface area contributed by atoms with Gasteiger partial charge in [-0.3, -0.25) is 34.2 Å². The molecule has 37 heavy (non-hydrogen) atoms. The summed E-state index contributed by atoms with van der Waals surface area (Å²) in [7, 11) is 0. The first kappa shape index (κ1) is 24.1. The molecule has 3 N–H and O–H groups in total. The molecule has 11 nitrogen and oxygen atoms in total. The zero-order valence-corrected chi connectivity index (χ0v) is 20.8. The number of anilines is 1. The number of nitrogens with zero attached hydrogens (tertiary/aromatic N) is 4. The van der Waals surface area contributed by atoms with Crippen molar-refractivity contribution in [1.29, 1.82) is 0 Å². The zero-order chi connectivity index (χ0) is 25.9. The van der Waals surface area contributed by atoms with Crippen LogP contribution in [-0.2, 0) is 14.4 Å². The Morgan fingerprint density at radius 2 is 1.84 bits per heavy atom. The van der Waals surface area contributed by atoms with Crippen molar-refractivity contribution in [3.05, 3.63) is 29.3 Å². The number of nitrogens with one attached hydrogen (secondary N) is 1. The number of fused-ring (bicyclic) bond motifs is 1. The quantitative estimate of drug-likeness (QED) is 0.493. The standard InChI is InChI=1S/C26H32N6O5/c27-16-8-10-30(11-16)21(34)5-2-9-29-12-26(13-29)14-31(15-26)18-4-1-3-17-22(18)25(37)32(24(17)36)19-6-7-20(33)28-23(19)35/h1,3-4,16,19H,2,5-15,27H2,(H,28,33,35)/t16-,19?/m0/s1. The van der Waals surface area contributed by atoms with E-state index in [1.807, 2.05) is 11.0 Å². The summed E-state index contributed by atoms with van der Waals surface area (Å²) in [5.41, 5.74) is 7.46. The van der Waals surface area contributed by atoms with E-state index in [9.17, 15) is 24.0 Å². The van der Waals surface area contributed by atoms with Gasteiger partial charge in [0.25, 0.3) is 11.8 Å². The summed E-state index contributed by atoms with van der Waals surface area (Å²) in [5.74, 6) is -1.74. The van der Waals surface area contributed by atoms with Crippen molar-refractivity contribution >= 4 is 35.2 Å². The number of benzene rings is 1. The lowest BCUT2D eigenvalue weighted by atomic mass is 9.72. The maximum absolute atomic E-state index is 13.3. The Balaban J connectivity index is 1.03. The lowest BCUT2D eigenvalue weighted by Crippen LogP contribution is -2.72. The second-order valence-corrected chi connectivity index (χ2v) is 11.2. The second kappa shape index (κ2) is 8.91. The summed E-state index contributed by atoms with van der Waals surface area (Å²) >= 11 is 0. The summed E-state index contributed by atoms with van der Waals surface area (Å²) < 4.78 is 0. The number of piperidine rings is 1. The topological polar surface area (TPSA) is 136 Å². The Hall–Kier alpha value is -3.31. The number of nitrogens with two attached hydrogens (primary N) is 1. The molecular formula is C26H32N6O5. The van der Waals surface area contributed by atoms with Crippen LogP contribution in [0.4, 0.5) is 5.69 Å². The number of rotatable bonds is 6. The predicted octanol–water partition coefficient (Wildman–Crippen LogP) is -0.450. The molecule has 6 rings (SSSR count). The number of amides is 5. The first-order chi connectivity index (χ1) is 17.7. The van der Waals surface area contributed by atoms with Crippen molar-refractivity contribution in [3.8, 4) is 0 Å². The van der Waals surface area contributed by atoms with E-state index < -0.39 is 23.8 Å². The third-order valence-electron chi connectivity index (χ3n) is 8.40. The van der Waals surface area contributed by atoms with Crippen LogP contribution in [0.25, 0.3) is 0 Å². The number of hydrogen-bond donors (Lipinski definition) is 2. The first-order valence-electron chi connectivity index (χ1n) is 13.1. The smallest absolute Gasteiger partial charge is 0.264 e. The molecule has 4 saturated heterocycles. The highest BCUT2D eigenvalue weighted by Gasteiger charge is 2.53. The van der Waals surface area contributed by atoms with Crippen LogP contribution in [0.3, 0.4) is 0 Å². The van der Waals surface area contributed by atoms with Gasteiger partial charge in [0, 0.05) is 63.6 Å². The number of imide groups is 2. The van der Waals surface area contributed by atoms with Gasteiger partial charge in [0.1, 0.15) is 6.04 Å². The van der Waals surface area contributed by atoms with Crippen molar-refractivity contribution in [3.63, 3.8) is 0 Å². The molecule has 11 heteroatoms. The highest BCUT2D eigenvalue weighted by molar-refractivity contribution is 6.25. The van der Waals surface area contributed by atoms with E-state index in [-0.39, 0.29) is 36.1 Å². The van der Waals surface area contributed by atoms with E-state index in [2.05, 4.69) is 15.1 Å². The Kier molecular flexibility index (Phi) is 5.79. The molecule has 196 valence electrons. The van der Waals surface area contributed by atoms with E-state index in [1.54, 1.807) is 12.1 Å². The van der Waals surface area contributed by atoms with Gasteiger partial charge in [-0.2, -0.15) is 0 Å². The van der Waals surface area contributed by atoms with Crippen LogP contribution in [0, 0.1) is 5.41 Å². The lowest BCUT2D eigenvalue weighted by molar-refractivity contribution is -0.136. The fraction of sp³-hybridized carbons (Fsp3) is 0.577. The predicted molar refractivity (Wildman–Crippen MR) is 133 cm³/mol. The SMILES string of the molecule is N[C@H]1CCN(C(=O)CCCN2CC3(C2)CN(c2cccc4c2C(=O)N(C2CCC(=O)NC2=O)C4=O)C3)C1. The van der Waals surface area contributed by atoms with E-state index in [0.717, 1.165) is 62.7 Å². The summed E-state index contributed by atoms with van der Waals surface area (Å²) in [6.07, 6.45) is 2.52. The van der Waals surface area contributed by atoms with Crippen LogP contribution < -0.4 is 16.0 Å². The Morgan fingerprint density at radius 1 is 1.05 bits per heavy atom. The summed E-state index contributed by atoms with van der Waals surface area (Å²) in [6.45, 7) is 5.83. The molecule has 2 atom stereocenters. The minimum atomic E-state index is -0.963. The molecule has 5 amide bonds. The van der Waals surface area contributed by atoms with E-state index in [1.165, 1.54) is 0 Å². The van der Waals surface area contributed by atoms with E-state index >= 15 is 0 Å². The third kappa shape index (κ3) is 4.10. The normalized spacial score (nSPS) is 26.9. The van der Waals surface area contributed by atoms with Gasteiger partial charge in [0.15, 0.2) is 0 Å². The maximum atomic E-state index is 13.3. The molecule has 0 radical (unpaired) electrons. The number of carbonyl (C=O) groups excluding carboxylic acids is 5. The van der Waals surface area contributed by atoms with Crippen molar-refractivity contribution in [1.82, 2.24) is 20.0 Å². The van der Waals surface area contributed by atoms with Gasteiger partial charge >= 0.3 is 0 Å². The molecular weight excluding hydrogens is 476 g/mol. The monoisotopic (exact) mass is 508 g/mol. The van der Waals surface area contributed by atoms with Crippen molar-refractivity contribution < 1.29 is 24.0 Å². The Labute approximate surface area is 214 Å². The highest BCUT2D eigenvalue weighted by Crippen LogP contribution is 2.44. The summed E-state index contributed by atoms with van der Waals surface area (Å²) in [5, 5.41) is 2.24. The molecule has 1 aromatic rings. The molecule has 0 saturated carbocycles. The fourth-order valence-corrected chi connectivity index (χ4v) is 6.58. The van der Waals surface area contributed by atoms with Crippen molar-refractivity contribution in [2.45, 2.75) is 44.2 Å². The van der Waals surface area contributed by atoms with E-state index in [0.29, 0.717) is 24.1 Å². The lowest BCUT2D eigenvalue weighted by Gasteiger charge is -2.61. The molecule has 4 fully saturated rings. The number of likely N-dealkylation sites (tertiary alicyclic amines) is 2. The number of hydrogen-bond acceptors (Lipinski definition) is 8. The van der Waals surface area contributed by atoms with Crippen LogP contribution in [0.5, 0.6) is 0 Å². The van der Waals surface area contributed by atoms with Crippen LogP contribution in [0.15, 0.2) is 18.2 Å². The fourth-order valence-electron chi connectivity index (χ4n) is 6.58. The molecule has 1 unspecified atom stereocenters. The number of carbonyl (C=O) groups is 5. The molecule has 5 heterocycles. The molecule has 0 bridgehead atoms. The molecule has 1 spiro atoms. The summed E-state index contributed by atoms with van der Waals surface area (Å²) in [6, 6.07) is 4.41. The van der Waals surface area contributed by atoms with Crippen LogP contribution in [-0.4, -0.2) is 102 Å². The summed E-state index contributed by atoms with van der Waals surface area (Å²) in [4.78, 5) is 70.0.